The quantitative estimate of drug-likeness (QED) is 0.753. The molecule has 0 unspecified atom stereocenters. The summed E-state index contributed by atoms with van der Waals surface area (Å²) >= 11 is 0. The normalized spacial score (nSPS) is 25.7. The zero-order valence-corrected chi connectivity index (χ0v) is 14.8. The highest BCUT2D eigenvalue weighted by atomic mass is 32.2. The van der Waals surface area contributed by atoms with Crippen LogP contribution in [0.2, 0.25) is 0 Å². The predicted molar refractivity (Wildman–Crippen MR) is 91.1 cm³/mol. The molecule has 7 nitrogen and oxygen atoms in total. The van der Waals surface area contributed by atoms with Crippen LogP contribution in [0.15, 0.2) is 23.4 Å². The van der Waals surface area contributed by atoms with Crippen molar-refractivity contribution in [2.75, 3.05) is 5.32 Å². The van der Waals surface area contributed by atoms with Gasteiger partial charge in [0.1, 0.15) is 4.90 Å². The van der Waals surface area contributed by atoms with Gasteiger partial charge in [-0.25, -0.2) is 17.9 Å². The number of carbonyl (C=O) groups is 1. The zero-order valence-electron chi connectivity index (χ0n) is 14.0. The Balaban J connectivity index is 1.77. The van der Waals surface area contributed by atoms with Crippen molar-refractivity contribution in [2.45, 2.75) is 56.5 Å². The van der Waals surface area contributed by atoms with Gasteiger partial charge >= 0.3 is 6.03 Å². The number of hydrogen-bond donors (Lipinski definition) is 3. The van der Waals surface area contributed by atoms with Gasteiger partial charge in [-0.15, -0.1) is 0 Å². The van der Waals surface area contributed by atoms with Gasteiger partial charge in [-0.2, -0.15) is 0 Å². The van der Waals surface area contributed by atoms with Crippen molar-refractivity contribution in [3.05, 3.63) is 18.5 Å². The lowest BCUT2D eigenvalue weighted by Crippen LogP contribution is -2.42. The van der Waals surface area contributed by atoms with Gasteiger partial charge in [0, 0.05) is 24.5 Å². The van der Waals surface area contributed by atoms with E-state index in [0.29, 0.717) is 17.6 Å². The smallest absolute Gasteiger partial charge is 0.328 e. The number of urea groups is 1. The molecule has 3 rings (SSSR count). The first-order chi connectivity index (χ1) is 11.3. The summed E-state index contributed by atoms with van der Waals surface area (Å²) in [7, 11) is -3.98. The summed E-state index contributed by atoms with van der Waals surface area (Å²) in [6.07, 6.45) is 7.61. The van der Waals surface area contributed by atoms with Crippen LogP contribution in [0.25, 0.3) is 0 Å². The molecule has 1 aromatic heterocycles. The number of amides is 2. The molecular weight excluding hydrogens is 328 g/mol. The summed E-state index contributed by atoms with van der Waals surface area (Å²) in [5.41, 5.74) is 0.507. The summed E-state index contributed by atoms with van der Waals surface area (Å²) in [5, 5.41) is 5.88. The monoisotopic (exact) mass is 352 g/mol. The molecule has 1 heterocycles. The van der Waals surface area contributed by atoms with Gasteiger partial charge in [-0.3, -0.25) is 4.98 Å². The van der Waals surface area contributed by atoms with Gasteiger partial charge in [-0.05, 0) is 51.0 Å². The van der Waals surface area contributed by atoms with E-state index in [1.54, 1.807) is 26.1 Å². The van der Waals surface area contributed by atoms with Crippen molar-refractivity contribution in [3.8, 4) is 0 Å². The molecule has 2 aliphatic rings. The van der Waals surface area contributed by atoms with Crippen LogP contribution in [0.1, 0.15) is 39.5 Å². The van der Waals surface area contributed by atoms with Crippen molar-refractivity contribution >= 4 is 21.7 Å². The van der Waals surface area contributed by atoms with E-state index in [1.807, 2.05) is 4.72 Å². The Kier molecular flexibility index (Phi) is 4.67. The van der Waals surface area contributed by atoms with Gasteiger partial charge < -0.3 is 10.6 Å². The second-order valence-corrected chi connectivity index (χ2v) is 8.68. The maximum absolute atomic E-state index is 12.5. The van der Waals surface area contributed by atoms with Crippen molar-refractivity contribution < 1.29 is 13.2 Å². The van der Waals surface area contributed by atoms with E-state index in [4.69, 9.17) is 0 Å². The van der Waals surface area contributed by atoms with Crippen LogP contribution in [0, 0.1) is 11.8 Å². The number of nitrogens with one attached hydrogen (secondary N) is 3. The summed E-state index contributed by atoms with van der Waals surface area (Å²) in [6.45, 7) is 3.52. The Labute approximate surface area is 142 Å². The number of hydrogen-bond acceptors (Lipinski definition) is 5. The molecule has 0 radical (unpaired) electrons. The first-order valence-corrected chi connectivity index (χ1v) is 9.87. The Morgan fingerprint density at radius 2 is 2.08 bits per heavy atom. The van der Waals surface area contributed by atoms with E-state index in [0.717, 1.165) is 12.3 Å². The molecule has 132 valence electrons. The number of sulfonamides is 1. The average molecular weight is 352 g/mol. The molecule has 1 aromatic rings. The molecule has 3 atom stereocenters. The molecule has 2 bridgehead atoms. The molecule has 2 aliphatic carbocycles. The number of carbonyl (C=O) groups excluding carboxylic acids is 1. The first kappa shape index (κ1) is 17.0. The molecule has 0 aliphatic heterocycles. The van der Waals surface area contributed by atoms with Gasteiger partial charge in [0.25, 0.3) is 10.0 Å². The minimum Gasteiger partial charge on any atom is -0.381 e. The van der Waals surface area contributed by atoms with Crippen LogP contribution in [-0.2, 0) is 10.0 Å². The maximum atomic E-state index is 12.5. The van der Waals surface area contributed by atoms with Crippen LogP contribution in [-0.4, -0.2) is 31.5 Å². The van der Waals surface area contributed by atoms with Gasteiger partial charge in [0.2, 0.25) is 0 Å². The van der Waals surface area contributed by atoms with Crippen LogP contribution < -0.4 is 15.4 Å². The molecule has 0 aromatic carbocycles. The molecule has 2 saturated carbocycles. The molecule has 3 N–H and O–H groups in total. The van der Waals surface area contributed by atoms with Gasteiger partial charge in [0.15, 0.2) is 0 Å². The lowest BCUT2D eigenvalue weighted by atomic mass is 9.95. The summed E-state index contributed by atoms with van der Waals surface area (Å²) in [5.74, 6) is 1.36. The van der Waals surface area contributed by atoms with Gasteiger partial charge in [0.05, 0.1) is 5.69 Å². The van der Waals surface area contributed by atoms with Crippen LogP contribution in [0.4, 0.5) is 10.5 Å². The number of pyridine rings is 1. The highest BCUT2D eigenvalue weighted by Gasteiger charge is 2.40. The Morgan fingerprint density at radius 3 is 2.71 bits per heavy atom. The largest absolute Gasteiger partial charge is 0.381 e. The SMILES string of the molecule is CC(C)NC(=O)NS(=O)(=O)c1cnccc1N[C@H]1C[C@H]2CC[C@H]1C2. The third kappa shape index (κ3) is 3.63. The highest BCUT2D eigenvalue weighted by molar-refractivity contribution is 7.90. The summed E-state index contributed by atoms with van der Waals surface area (Å²) in [6, 6.07) is 1.06. The van der Waals surface area contributed by atoms with Crippen molar-refractivity contribution in [1.82, 2.24) is 15.0 Å². The number of aromatic nitrogens is 1. The topological polar surface area (TPSA) is 100 Å². The molecular formula is C16H24N4O3S. The Bertz CT molecular complexity index is 720. The second-order valence-electron chi connectivity index (χ2n) is 7.03. The third-order valence-corrected chi connectivity index (χ3v) is 6.16. The summed E-state index contributed by atoms with van der Waals surface area (Å²) < 4.78 is 27.1. The van der Waals surface area contributed by atoms with Crippen molar-refractivity contribution in [1.29, 1.82) is 0 Å². The van der Waals surface area contributed by atoms with Crippen LogP contribution in [0.3, 0.4) is 0 Å². The van der Waals surface area contributed by atoms with E-state index >= 15 is 0 Å². The van der Waals surface area contributed by atoms with Crippen molar-refractivity contribution in [2.24, 2.45) is 11.8 Å². The number of fused-ring (bicyclic) bond motifs is 2. The minimum absolute atomic E-state index is 0.00618. The average Bonchev–Trinajstić information content (AvgIpc) is 3.08. The number of rotatable bonds is 5. The van der Waals surface area contributed by atoms with Crippen LogP contribution >= 0.6 is 0 Å². The van der Waals surface area contributed by atoms with E-state index in [9.17, 15) is 13.2 Å². The Hall–Kier alpha value is -1.83. The minimum atomic E-state index is -3.98. The molecule has 0 spiro atoms. The van der Waals surface area contributed by atoms with E-state index < -0.39 is 16.1 Å². The molecule has 2 amide bonds. The van der Waals surface area contributed by atoms with E-state index in [-0.39, 0.29) is 10.9 Å². The third-order valence-electron chi connectivity index (χ3n) is 4.80. The van der Waals surface area contributed by atoms with Crippen molar-refractivity contribution in [3.63, 3.8) is 0 Å². The fraction of sp³-hybridized carbons (Fsp3) is 0.625. The highest BCUT2D eigenvalue weighted by Crippen LogP contribution is 2.45. The Morgan fingerprint density at radius 1 is 1.29 bits per heavy atom. The van der Waals surface area contributed by atoms with Gasteiger partial charge in [-0.1, -0.05) is 6.42 Å². The lowest BCUT2D eigenvalue weighted by Gasteiger charge is -2.25. The summed E-state index contributed by atoms with van der Waals surface area (Å²) in [4.78, 5) is 15.7. The molecule has 2 fully saturated rings. The zero-order chi connectivity index (χ0) is 17.3. The fourth-order valence-electron chi connectivity index (χ4n) is 3.80. The van der Waals surface area contributed by atoms with Crippen LogP contribution in [0.5, 0.6) is 0 Å². The number of anilines is 1. The van der Waals surface area contributed by atoms with E-state index in [2.05, 4.69) is 15.6 Å². The number of nitrogens with zero attached hydrogens (tertiary/aromatic N) is 1. The van der Waals surface area contributed by atoms with E-state index in [1.165, 1.54) is 25.5 Å². The predicted octanol–water partition coefficient (Wildman–Crippen LogP) is 2.08. The second kappa shape index (κ2) is 6.58. The first-order valence-electron chi connectivity index (χ1n) is 8.39. The fourth-order valence-corrected chi connectivity index (χ4v) is 4.83. The lowest BCUT2D eigenvalue weighted by molar-refractivity contribution is 0.243. The standard InChI is InChI=1S/C16H24N4O3S/c1-10(2)18-16(21)20-24(22,23)15-9-17-6-5-13(15)19-14-8-11-3-4-12(14)7-11/h5-6,9-12,14H,3-4,7-8H2,1-2H3,(H,17,19)(H2,18,20,21)/t11-,12-,14-/m0/s1. The maximum Gasteiger partial charge on any atom is 0.328 e. The molecule has 24 heavy (non-hydrogen) atoms. The molecule has 0 saturated heterocycles. The molecule has 8 heteroatoms.